The molecule has 0 unspecified atom stereocenters. The van der Waals surface area contributed by atoms with Crippen molar-refractivity contribution in [2.75, 3.05) is 0 Å². The molecule has 0 aliphatic rings. The minimum absolute atomic E-state index is 0.0646. The summed E-state index contributed by atoms with van der Waals surface area (Å²) in [6, 6.07) is 0. The van der Waals surface area contributed by atoms with Gasteiger partial charge in [0.15, 0.2) is 15.9 Å². The number of unbranched alkanes of at least 4 members (excludes halogenated alkanes) is 7. The van der Waals surface area contributed by atoms with Crippen molar-refractivity contribution >= 4 is 23.4 Å². The van der Waals surface area contributed by atoms with Crippen molar-refractivity contribution in [3.63, 3.8) is 0 Å². The summed E-state index contributed by atoms with van der Waals surface area (Å²) in [5.74, 6) is 0.976. The van der Waals surface area contributed by atoms with Gasteiger partial charge < -0.3 is 9.13 Å². The van der Waals surface area contributed by atoms with Gasteiger partial charge in [-0.25, -0.2) is 4.98 Å². The lowest BCUT2D eigenvalue weighted by atomic mass is 10.1. The Morgan fingerprint density at radius 2 is 1.46 bits per heavy atom. The molecule has 0 atom stereocenters. The van der Waals surface area contributed by atoms with E-state index in [4.69, 9.17) is 12.2 Å². The van der Waals surface area contributed by atoms with Crippen molar-refractivity contribution in [1.82, 2.24) is 18.7 Å². The van der Waals surface area contributed by atoms with Crippen LogP contribution in [0.3, 0.4) is 0 Å². The molecule has 0 saturated carbocycles. The standard InChI is InChI=1S/C18H30N4OS/c1-5-6-7-8-9-10-11-12-13-14-19-16-15(20(14)2)17(23)22(4)18(24)21(16)3/h5-13H2,1-4H3. The molecule has 0 aliphatic heterocycles. The number of aryl methyl sites for hydroxylation is 3. The zero-order chi connectivity index (χ0) is 17.7. The zero-order valence-corrected chi connectivity index (χ0v) is 16.3. The summed E-state index contributed by atoms with van der Waals surface area (Å²) >= 11 is 5.30. The van der Waals surface area contributed by atoms with Crippen LogP contribution in [0.1, 0.15) is 64.1 Å². The van der Waals surface area contributed by atoms with E-state index in [0.29, 0.717) is 15.9 Å². The van der Waals surface area contributed by atoms with Crippen LogP contribution >= 0.6 is 12.2 Å². The Morgan fingerprint density at radius 3 is 2.08 bits per heavy atom. The molecule has 0 aromatic carbocycles. The minimum Gasteiger partial charge on any atom is -0.325 e. The molecular formula is C18H30N4OS. The van der Waals surface area contributed by atoms with E-state index in [1.807, 2.05) is 23.2 Å². The Balaban J connectivity index is 2.00. The fraction of sp³-hybridized carbons (Fsp3) is 0.722. The molecule has 6 heteroatoms. The van der Waals surface area contributed by atoms with E-state index in [2.05, 4.69) is 11.9 Å². The predicted octanol–water partition coefficient (Wildman–Crippen LogP) is 4.02. The third kappa shape index (κ3) is 3.97. The number of nitrogens with zero attached hydrogens (tertiary/aromatic N) is 4. The molecular weight excluding hydrogens is 320 g/mol. The lowest BCUT2D eigenvalue weighted by Gasteiger charge is -2.05. The lowest BCUT2D eigenvalue weighted by molar-refractivity contribution is 0.569. The van der Waals surface area contributed by atoms with E-state index < -0.39 is 0 Å². The first-order chi connectivity index (χ1) is 11.5. The fourth-order valence-electron chi connectivity index (χ4n) is 3.20. The van der Waals surface area contributed by atoms with E-state index in [1.165, 1.54) is 49.5 Å². The van der Waals surface area contributed by atoms with Crippen LogP contribution in [0.15, 0.2) is 4.79 Å². The van der Waals surface area contributed by atoms with Crippen molar-refractivity contribution in [3.8, 4) is 0 Å². The Hall–Kier alpha value is -1.43. The van der Waals surface area contributed by atoms with E-state index in [0.717, 1.165) is 18.7 Å². The summed E-state index contributed by atoms with van der Waals surface area (Å²) in [5, 5.41) is 0. The van der Waals surface area contributed by atoms with Crippen LogP contribution in [0.25, 0.3) is 11.2 Å². The molecule has 2 aromatic rings. The van der Waals surface area contributed by atoms with E-state index in [-0.39, 0.29) is 5.56 Å². The largest absolute Gasteiger partial charge is 0.325 e. The first-order valence-electron chi connectivity index (χ1n) is 9.10. The quantitative estimate of drug-likeness (QED) is 0.507. The van der Waals surface area contributed by atoms with Gasteiger partial charge in [0.2, 0.25) is 0 Å². The molecule has 2 aromatic heterocycles. The van der Waals surface area contributed by atoms with Crippen molar-refractivity contribution in [2.24, 2.45) is 21.1 Å². The summed E-state index contributed by atoms with van der Waals surface area (Å²) in [6.07, 6.45) is 11.3. The third-order valence-corrected chi connectivity index (χ3v) is 5.37. The second kappa shape index (κ2) is 8.60. The molecule has 2 rings (SSSR count). The molecule has 2 heterocycles. The topological polar surface area (TPSA) is 44.8 Å². The first-order valence-corrected chi connectivity index (χ1v) is 9.51. The van der Waals surface area contributed by atoms with Gasteiger partial charge in [-0.05, 0) is 18.6 Å². The highest BCUT2D eigenvalue weighted by Gasteiger charge is 2.15. The number of rotatable bonds is 9. The predicted molar refractivity (Wildman–Crippen MR) is 102 cm³/mol. The summed E-state index contributed by atoms with van der Waals surface area (Å²) < 4.78 is 5.78. The SMILES string of the molecule is CCCCCCCCCCc1nc2c(c(=O)n(C)c(=S)n2C)n1C. The molecule has 0 spiro atoms. The second-order valence-corrected chi connectivity index (χ2v) is 7.06. The van der Waals surface area contributed by atoms with Crippen LogP contribution in [-0.4, -0.2) is 18.7 Å². The molecule has 0 fully saturated rings. The van der Waals surface area contributed by atoms with E-state index >= 15 is 0 Å². The molecule has 0 N–H and O–H groups in total. The Labute approximate surface area is 149 Å². The van der Waals surface area contributed by atoms with Gasteiger partial charge in [-0.15, -0.1) is 0 Å². The molecule has 0 aliphatic carbocycles. The highest BCUT2D eigenvalue weighted by atomic mass is 32.1. The average molecular weight is 351 g/mol. The van der Waals surface area contributed by atoms with Crippen LogP contribution in [0.2, 0.25) is 0 Å². The molecule has 0 radical (unpaired) electrons. The Kier molecular flexibility index (Phi) is 6.78. The highest BCUT2D eigenvalue weighted by Crippen LogP contribution is 2.15. The number of hydrogen-bond acceptors (Lipinski definition) is 3. The van der Waals surface area contributed by atoms with Crippen molar-refractivity contribution in [2.45, 2.75) is 64.7 Å². The van der Waals surface area contributed by atoms with Gasteiger partial charge in [0, 0.05) is 27.6 Å². The summed E-state index contributed by atoms with van der Waals surface area (Å²) in [4.78, 5) is 17.1. The van der Waals surface area contributed by atoms with Crippen LogP contribution in [0.4, 0.5) is 0 Å². The number of hydrogen-bond donors (Lipinski definition) is 0. The average Bonchev–Trinajstić information content (AvgIpc) is 2.90. The summed E-state index contributed by atoms with van der Waals surface area (Å²) in [5.41, 5.74) is 1.27. The summed E-state index contributed by atoms with van der Waals surface area (Å²) in [6.45, 7) is 2.25. The number of aromatic nitrogens is 4. The monoisotopic (exact) mass is 350 g/mol. The lowest BCUT2D eigenvalue weighted by Crippen LogP contribution is -2.23. The third-order valence-electron chi connectivity index (χ3n) is 4.82. The van der Waals surface area contributed by atoms with Crippen molar-refractivity contribution in [1.29, 1.82) is 0 Å². The highest BCUT2D eigenvalue weighted by molar-refractivity contribution is 7.71. The molecule has 0 amide bonds. The maximum absolute atomic E-state index is 12.5. The van der Waals surface area contributed by atoms with Crippen molar-refractivity contribution < 1.29 is 0 Å². The second-order valence-electron chi connectivity index (χ2n) is 6.69. The van der Waals surface area contributed by atoms with Gasteiger partial charge in [-0.2, -0.15) is 0 Å². The van der Waals surface area contributed by atoms with Gasteiger partial charge in [0.25, 0.3) is 5.56 Å². The van der Waals surface area contributed by atoms with Crippen LogP contribution in [-0.2, 0) is 27.6 Å². The van der Waals surface area contributed by atoms with Gasteiger partial charge in [0.05, 0.1) is 0 Å². The number of imidazole rings is 1. The van der Waals surface area contributed by atoms with Gasteiger partial charge in [0.1, 0.15) is 5.82 Å². The molecule has 0 saturated heterocycles. The zero-order valence-electron chi connectivity index (χ0n) is 15.5. The molecule has 24 heavy (non-hydrogen) atoms. The Morgan fingerprint density at radius 1 is 0.875 bits per heavy atom. The van der Waals surface area contributed by atoms with Gasteiger partial charge in [-0.1, -0.05) is 51.9 Å². The fourth-order valence-corrected chi connectivity index (χ4v) is 3.37. The molecule has 134 valence electrons. The Bertz CT molecular complexity index is 800. The van der Waals surface area contributed by atoms with E-state index in [9.17, 15) is 4.79 Å². The summed E-state index contributed by atoms with van der Waals surface area (Å²) in [7, 11) is 5.52. The molecule has 5 nitrogen and oxygen atoms in total. The van der Waals surface area contributed by atoms with Gasteiger partial charge in [-0.3, -0.25) is 9.36 Å². The van der Waals surface area contributed by atoms with Crippen LogP contribution in [0, 0.1) is 4.77 Å². The maximum Gasteiger partial charge on any atom is 0.280 e. The van der Waals surface area contributed by atoms with Crippen molar-refractivity contribution in [3.05, 3.63) is 20.9 Å². The normalized spacial score (nSPS) is 11.5. The number of fused-ring (bicyclic) bond motifs is 1. The van der Waals surface area contributed by atoms with Gasteiger partial charge >= 0.3 is 0 Å². The van der Waals surface area contributed by atoms with E-state index in [1.54, 1.807) is 7.05 Å². The van der Waals surface area contributed by atoms with Crippen LogP contribution in [0.5, 0.6) is 0 Å². The molecule has 0 bridgehead atoms. The first kappa shape index (κ1) is 18.9. The maximum atomic E-state index is 12.5. The van der Waals surface area contributed by atoms with Crippen LogP contribution < -0.4 is 5.56 Å². The smallest absolute Gasteiger partial charge is 0.280 e. The minimum atomic E-state index is -0.0646.